The van der Waals surface area contributed by atoms with Crippen molar-refractivity contribution < 1.29 is 4.74 Å². The van der Waals surface area contributed by atoms with Gasteiger partial charge in [0, 0.05) is 6.04 Å². The standard InChI is InChI=1S/C14H23NO/c1-14(2,3)16-11-13(15-4)10-12-8-6-5-7-9-12/h5-9,13,15H,10-11H2,1-4H3. The molecule has 0 radical (unpaired) electrons. The Morgan fingerprint density at radius 1 is 1.19 bits per heavy atom. The average molecular weight is 221 g/mol. The van der Waals surface area contributed by atoms with E-state index in [2.05, 4.69) is 50.4 Å². The van der Waals surface area contributed by atoms with Gasteiger partial charge < -0.3 is 10.1 Å². The summed E-state index contributed by atoms with van der Waals surface area (Å²) in [5.41, 5.74) is 1.28. The lowest BCUT2D eigenvalue weighted by Crippen LogP contribution is -2.36. The van der Waals surface area contributed by atoms with E-state index in [1.807, 2.05) is 13.1 Å². The highest BCUT2D eigenvalue weighted by Gasteiger charge is 2.14. The second-order valence-electron chi connectivity index (χ2n) is 5.10. The van der Waals surface area contributed by atoms with E-state index in [1.165, 1.54) is 5.56 Å². The summed E-state index contributed by atoms with van der Waals surface area (Å²) in [6.07, 6.45) is 1.01. The van der Waals surface area contributed by atoms with E-state index in [1.54, 1.807) is 0 Å². The minimum absolute atomic E-state index is 0.0637. The van der Waals surface area contributed by atoms with E-state index in [9.17, 15) is 0 Å². The van der Waals surface area contributed by atoms with Gasteiger partial charge in [0.05, 0.1) is 12.2 Å². The summed E-state index contributed by atoms with van der Waals surface area (Å²) >= 11 is 0. The van der Waals surface area contributed by atoms with Gasteiger partial charge in [0.1, 0.15) is 0 Å². The van der Waals surface area contributed by atoms with Gasteiger partial charge in [-0.25, -0.2) is 0 Å². The van der Waals surface area contributed by atoms with Crippen molar-refractivity contribution in [1.82, 2.24) is 5.32 Å². The molecule has 0 aliphatic carbocycles. The van der Waals surface area contributed by atoms with Crippen molar-refractivity contribution in [3.05, 3.63) is 35.9 Å². The largest absolute Gasteiger partial charge is 0.374 e. The molecular weight excluding hydrogens is 198 g/mol. The molecule has 0 saturated heterocycles. The minimum atomic E-state index is -0.0637. The van der Waals surface area contributed by atoms with Gasteiger partial charge in [0.2, 0.25) is 0 Å². The van der Waals surface area contributed by atoms with Crippen molar-refractivity contribution in [2.75, 3.05) is 13.7 Å². The van der Waals surface area contributed by atoms with E-state index in [4.69, 9.17) is 4.74 Å². The number of hydrogen-bond donors (Lipinski definition) is 1. The Hall–Kier alpha value is -0.860. The summed E-state index contributed by atoms with van der Waals surface area (Å²) < 4.78 is 5.79. The molecule has 1 N–H and O–H groups in total. The number of nitrogens with one attached hydrogen (secondary N) is 1. The molecule has 0 amide bonds. The van der Waals surface area contributed by atoms with Crippen LogP contribution >= 0.6 is 0 Å². The molecule has 0 aliphatic rings. The normalized spacial score (nSPS) is 13.8. The lowest BCUT2D eigenvalue weighted by atomic mass is 10.1. The molecule has 1 unspecified atom stereocenters. The molecule has 0 spiro atoms. The van der Waals surface area contributed by atoms with Crippen LogP contribution in [0.4, 0.5) is 0 Å². The first-order chi connectivity index (χ1) is 7.51. The molecule has 0 aromatic heterocycles. The molecule has 0 saturated carbocycles. The molecule has 0 aliphatic heterocycles. The molecule has 1 rings (SSSR count). The zero-order valence-electron chi connectivity index (χ0n) is 10.8. The Balaban J connectivity index is 2.44. The highest BCUT2D eigenvalue weighted by Crippen LogP contribution is 2.09. The SMILES string of the molecule is CNC(COC(C)(C)C)Cc1ccccc1. The molecule has 1 aromatic carbocycles. The fraction of sp³-hybridized carbons (Fsp3) is 0.571. The lowest BCUT2D eigenvalue weighted by molar-refractivity contribution is -0.0134. The van der Waals surface area contributed by atoms with Crippen molar-refractivity contribution in [2.45, 2.75) is 38.8 Å². The molecule has 1 aromatic rings. The summed E-state index contributed by atoms with van der Waals surface area (Å²) in [4.78, 5) is 0. The summed E-state index contributed by atoms with van der Waals surface area (Å²) in [5.74, 6) is 0. The smallest absolute Gasteiger partial charge is 0.0629 e. The van der Waals surface area contributed by atoms with Crippen molar-refractivity contribution in [3.63, 3.8) is 0 Å². The topological polar surface area (TPSA) is 21.3 Å². The Labute approximate surface area is 99.0 Å². The van der Waals surface area contributed by atoms with Crippen LogP contribution in [0.2, 0.25) is 0 Å². The summed E-state index contributed by atoms with van der Waals surface area (Å²) in [7, 11) is 1.99. The second kappa shape index (κ2) is 6.02. The fourth-order valence-electron chi connectivity index (χ4n) is 1.49. The molecule has 16 heavy (non-hydrogen) atoms. The highest BCUT2D eigenvalue weighted by molar-refractivity contribution is 5.15. The second-order valence-corrected chi connectivity index (χ2v) is 5.10. The molecule has 90 valence electrons. The van der Waals surface area contributed by atoms with Gasteiger partial charge in [-0.15, -0.1) is 0 Å². The maximum atomic E-state index is 5.79. The van der Waals surface area contributed by atoms with Crippen molar-refractivity contribution in [3.8, 4) is 0 Å². The minimum Gasteiger partial charge on any atom is -0.374 e. The van der Waals surface area contributed by atoms with Crippen LogP contribution in [0.15, 0.2) is 30.3 Å². The van der Waals surface area contributed by atoms with Gasteiger partial charge in [-0.05, 0) is 39.8 Å². The molecule has 2 nitrogen and oxygen atoms in total. The van der Waals surface area contributed by atoms with E-state index >= 15 is 0 Å². The van der Waals surface area contributed by atoms with Crippen LogP contribution in [0.3, 0.4) is 0 Å². The van der Waals surface area contributed by atoms with Gasteiger partial charge in [-0.1, -0.05) is 30.3 Å². The Morgan fingerprint density at radius 3 is 2.31 bits per heavy atom. The van der Waals surface area contributed by atoms with Gasteiger partial charge >= 0.3 is 0 Å². The number of likely N-dealkylation sites (N-methyl/N-ethyl adjacent to an activating group) is 1. The predicted octanol–water partition coefficient (Wildman–Crippen LogP) is 2.63. The van der Waals surface area contributed by atoms with E-state index in [0.29, 0.717) is 6.04 Å². The molecule has 0 heterocycles. The zero-order chi connectivity index (χ0) is 12.0. The lowest BCUT2D eigenvalue weighted by Gasteiger charge is -2.24. The first-order valence-corrected chi connectivity index (χ1v) is 5.86. The Kier molecular flexibility index (Phi) is 4.97. The van der Waals surface area contributed by atoms with Gasteiger partial charge in [0.15, 0.2) is 0 Å². The molecule has 0 fully saturated rings. The van der Waals surface area contributed by atoms with Crippen molar-refractivity contribution in [2.24, 2.45) is 0 Å². The number of ether oxygens (including phenoxy) is 1. The molecule has 1 atom stereocenters. The van der Waals surface area contributed by atoms with Crippen LogP contribution in [0.1, 0.15) is 26.3 Å². The predicted molar refractivity (Wildman–Crippen MR) is 68.7 cm³/mol. The summed E-state index contributed by atoms with van der Waals surface area (Å²) in [5, 5.41) is 3.30. The first kappa shape index (κ1) is 13.2. The van der Waals surface area contributed by atoms with Crippen LogP contribution in [0, 0.1) is 0 Å². The monoisotopic (exact) mass is 221 g/mol. The number of hydrogen-bond acceptors (Lipinski definition) is 2. The van der Waals surface area contributed by atoms with Crippen LogP contribution in [-0.4, -0.2) is 25.3 Å². The molecular formula is C14H23NO. The Morgan fingerprint density at radius 2 is 1.81 bits per heavy atom. The maximum Gasteiger partial charge on any atom is 0.0629 e. The van der Waals surface area contributed by atoms with Gasteiger partial charge in [-0.2, -0.15) is 0 Å². The highest BCUT2D eigenvalue weighted by atomic mass is 16.5. The summed E-state index contributed by atoms with van der Waals surface area (Å²) in [6, 6.07) is 10.9. The van der Waals surface area contributed by atoms with Crippen LogP contribution in [0.5, 0.6) is 0 Å². The van der Waals surface area contributed by atoms with Crippen LogP contribution in [0.25, 0.3) is 0 Å². The molecule has 0 bridgehead atoms. The van der Waals surface area contributed by atoms with Crippen LogP contribution in [-0.2, 0) is 11.2 Å². The quantitative estimate of drug-likeness (QED) is 0.825. The van der Waals surface area contributed by atoms with Gasteiger partial charge in [-0.3, -0.25) is 0 Å². The third-order valence-corrected chi connectivity index (χ3v) is 2.45. The zero-order valence-corrected chi connectivity index (χ0v) is 10.8. The third-order valence-electron chi connectivity index (χ3n) is 2.45. The Bertz CT molecular complexity index is 289. The van der Waals surface area contributed by atoms with E-state index < -0.39 is 0 Å². The number of benzene rings is 1. The van der Waals surface area contributed by atoms with Gasteiger partial charge in [0.25, 0.3) is 0 Å². The van der Waals surface area contributed by atoms with Crippen molar-refractivity contribution >= 4 is 0 Å². The summed E-state index contributed by atoms with van der Waals surface area (Å²) in [6.45, 7) is 7.00. The van der Waals surface area contributed by atoms with E-state index in [0.717, 1.165) is 13.0 Å². The molecule has 2 heteroatoms. The van der Waals surface area contributed by atoms with Crippen molar-refractivity contribution in [1.29, 1.82) is 0 Å². The first-order valence-electron chi connectivity index (χ1n) is 5.86. The maximum absolute atomic E-state index is 5.79. The fourth-order valence-corrected chi connectivity index (χ4v) is 1.49. The third kappa shape index (κ3) is 5.29. The number of rotatable bonds is 5. The van der Waals surface area contributed by atoms with E-state index in [-0.39, 0.29) is 5.60 Å². The van der Waals surface area contributed by atoms with Crippen LogP contribution < -0.4 is 5.32 Å². The average Bonchev–Trinajstić information content (AvgIpc) is 2.24.